The minimum Gasteiger partial charge on any atom is -0.486 e. The number of amides is 1. The van der Waals surface area contributed by atoms with Gasteiger partial charge in [0, 0.05) is 18.7 Å². The maximum atomic E-state index is 11.9. The highest BCUT2D eigenvalue weighted by Crippen LogP contribution is 2.14. The lowest BCUT2D eigenvalue weighted by molar-refractivity contribution is 0.0923. The van der Waals surface area contributed by atoms with Gasteiger partial charge in [-0.2, -0.15) is 0 Å². The van der Waals surface area contributed by atoms with E-state index in [1.165, 1.54) is 0 Å². The quantitative estimate of drug-likeness (QED) is 0.767. The summed E-state index contributed by atoms with van der Waals surface area (Å²) in [5, 5.41) is 23.1. The number of carbonyl (C=O) groups is 1. The van der Waals surface area contributed by atoms with E-state index >= 15 is 0 Å². The van der Waals surface area contributed by atoms with Crippen LogP contribution < -0.4 is 10.1 Å². The molecule has 2 aromatic rings. The minimum absolute atomic E-state index is 0.204. The van der Waals surface area contributed by atoms with Gasteiger partial charge in [-0.1, -0.05) is 6.07 Å². The lowest BCUT2D eigenvalue weighted by Gasteiger charge is -2.09. The monoisotopic (exact) mass is 305 g/mol. The first-order chi connectivity index (χ1) is 10.6. The van der Waals surface area contributed by atoms with Gasteiger partial charge in [0.25, 0.3) is 5.91 Å². The number of hydrogen-bond acceptors (Lipinski definition) is 6. The summed E-state index contributed by atoms with van der Waals surface area (Å²) in [4.78, 5) is 11.9. The molecule has 1 aromatic carbocycles. The van der Waals surface area contributed by atoms with Crippen molar-refractivity contribution in [3.8, 4) is 5.75 Å². The molecule has 0 spiro atoms. The van der Waals surface area contributed by atoms with Gasteiger partial charge in [-0.3, -0.25) is 4.79 Å². The maximum Gasteiger partial charge on any atom is 0.251 e. The van der Waals surface area contributed by atoms with Gasteiger partial charge in [0.2, 0.25) is 0 Å². The van der Waals surface area contributed by atoms with E-state index in [9.17, 15) is 9.90 Å². The van der Waals surface area contributed by atoms with Crippen LogP contribution in [0.3, 0.4) is 0 Å². The van der Waals surface area contributed by atoms with E-state index < -0.39 is 6.10 Å². The van der Waals surface area contributed by atoms with Gasteiger partial charge in [0.1, 0.15) is 12.4 Å². The lowest BCUT2D eigenvalue weighted by atomic mass is 10.2. The Bertz CT molecular complexity index is 626. The number of rotatable bonds is 7. The van der Waals surface area contributed by atoms with E-state index in [2.05, 4.69) is 20.8 Å². The van der Waals surface area contributed by atoms with Crippen molar-refractivity contribution in [1.82, 2.24) is 25.5 Å². The highest BCUT2D eigenvalue weighted by atomic mass is 16.5. The van der Waals surface area contributed by atoms with Crippen molar-refractivity contribution in [3.63, 3.8) is 0 Å². The van der Waals surface area contributed by atoms with Gasteiger partial charge in [-0.15, -0.1) is 5.10 Å². The van der Waals surface area contributed by atoms with Crippen LogP contribution in [0.4, 0.5) is 0 Å². The Morgan fingerprint density at radius 1 is 1.50 bits per heavy atom. The molecular weight excluding hydrogens is 286 g/mol. The standard InChI is InChI=1S/C14H19N5O3/c1-3-19-13(16-17-18-19)9-22-12-6-4-5-11(7-12)14(21)15-8-10(2)20/h4-7,10,20H,3,8-9H2,1-2H3,(H,15,21). The van der Waals surface area contributed by atoms with Crippen molar-refractivity contribution >= 4 is 5.91 Å². The third-order valence-corrected chi connectivity index (χ3v) is 2.93. The van der Waals surface area contributed by atoms with Crippen LogP contribution in [0, 0.1) is 0 Å². The van der Waals surface area contributed by atoms with Gasteiger partial charge >= 0.3 is 0 Å². The van der Waals surface area contributed by atoms with E-state index in [0.717, 1.165) is 0 Å². The topological polar surface area (TPSA) is 102 Å². The van der Waals surface area contributed by atoms with Crippen LogP contribution in [0.5, 0.6) is 5.75 Å². The molecule has 0 saturated heterocycles. The molecule has 1 heterocycles. The van der Waals surface area contributed by atoms with Gasteiger partial charge in [-0.05, 0) is 42.5 Å². The van der Waals surface area contributed by atoms with Crippen LogP contribution >= 0.6 is 0 Å². The summed E-state index contributed by atoms with van der Waals surface area (Å²) in [5.41, 5.74) is 0.466. The molecule has 2 rings (SSSR count). The second kappa shape index (κ2) is 7.51. The smallest absolute Gasteiger partial charge is 0.251 e. The van der Waals surface area contributed by atoms with Crippen molar-refractivity contribution in [2.75, 3.05) is 6.54 Å². The normalized spacial score (nSPS) is 12.0. The van der Waals surface area contributed by atoms with E-state index in [-0.39, 0.29) is 19.1 Å². The fourth-order valence-corrected chi connectivity index (χ4v) is 1.79. The number of aliphatic hydroxyl groups is 1. The van der Waals surface area contributed by atoms with Crippen LogP contribution in [0.15, 0.2) is 24.3 Å². The Labute approximate surface area is 128 Å². The number of aryl methyl sites for hydroxylation is 1. The molecule has 0 aliphatic carbocycles. The third-order valence-electron chi connectivity index (χ3n) is 2.93. The van der Waals surface area contributed by atoms with Gasteiger partial charge in [0.15, 0.2) is 5.82 Å². The fraction of sp³-hybridized carbons (Fsp3) is 0.429. The molecule has 0 fully saturated rings. The van der Waals surface area contributed by atoms with Crippen LogP contribution in [0.2, 0.25) is 0 Å². The van der Waals surface area contributed by atoms with Gasteiger partial charge < -0.3 is 15.2 Å². The van der Waals surface area contributed by atoms with Crippen molar-refractivity contribution in [2.24, 2.45) is 0 Å². The fourth-order valence-electron chi connectivity index (χ4n) is 1.79. The van der Waals surface area contributed by atoms with E-state index in [4.69, 9.17) is 4.74 Å². The van der Waals surface area contributed by atoms with Crippen LogP contribution in [-0.2, 0) is 13.2 Å². The molecule has 1 unspecified atom stereocenters. The zero-order valence-corrected chi connectivity index (χ0v) is 12.6. The number of aliphatic hydroxyl groups excluding tert-OH is 1. The predicted molar refractivity (Wildman–Crippen MR) is 78.3 cm³/mol. The lowest BCUT2D eigenvalue weighted by Crippen LogP contribution is -2.30. The first kappa shape index (κ1) is 15.9. The molecule has 118 valence electrons. The average Bonchev–Trinajstić information content (AvgIpc) is 2.98. The molecular formula is C14H19N5O3. The van der Waals surface area contributed by atoms with Gasteiger partial charge in [-0.25, -0.2) is 4.68 Å². The van der Waals surface area contributed by atoms with E-state index in [0.29, 0.717) is 23.7 Å². The molecule has 0 radical (unpaired) electrons. The van der Waals surface area contributed by atoms with Crippen LogP contribution in [0.1, 0.15) is 30.0 Å². The van der Waals surface area contributed by atoms with Crippen molar-refractivity contribution in [2.45, 2.75) is 33.1 Å². The minimum atomic E-state index is -0.587. The Hall–Kier alpha value is -2.48. The number of carbonyl (C=O) groups excluding carboxylic acids is 1. The number of benzene rings is 1. The summed E-state index contributed by atoms with van der Waals surface area (Å²) in [5.74, 6) is 0.909. The number of nitrogens with one attached hydrogen (secondary N) is 1. The molecule has 1 atom stereocenters. The maximum absolute atomic E-state index is 11.9. The second-order valence-electron chi connectivity index (χ2n) is 4.79. The Balaban J connectivity index is 1.98. The summed E-state index contributed by atoms with van der Waals surface area (Å²) >= 11 is 0. The number of ether oxygens (including phenoxy) is 1. The largest absolute Gasteiger partial charge is 0.486 e. The molecule has 1 amide bonds. The molecule has 1 aromatic heterocycles. The van der Waals surface area contributed by atoms with Crippen molar-refractivity contribution in [3.05, 3.63) is 35.7 Å². The number of hydrogen-bond donors (Lipinski definition) is 2. The Morgan fingerprint density at radius 3 is 3.05 bits per heavy atom. The molecule has 0 aliphatic rings. The first-order valence-corrected chi connectivity index (χ1v) is 7.04. The van der Waals surface area contributed by atoms with E-state index in [1.54, 1.807) is 35.9 Å². The zero-order chi connectivity index (χ0) is 15.9. The van der Waals surface area contributed by atoms with Crippen LogP contribution in [-0.4, -0.2) is 43.9 Å². The number of tetrazole rings is 1. The molecule has 8 heteroatoms. The van der Waals surface area contributed by atoms with Crippen molar-refractivity contribution < 1.29 is 14.6 Å². The molecule has 8 nitrogen and oxygen atoms in total. The summed E-state index contributed by atoms with van der Waals surface area (Å²) in [7, 11) is 0. The molecule has 22 heavy (non-hydrogen) atoms. The SMILES string of the molecule is CCn1nnnc1COc1cccc(C(=O)NCC(C)O)c1. The van der Waals surface area contributed by atoms with E-state index in [1.807, 2.05) is 6.92 Å². The highest BCUT2D eigenvalue weighted by molar-refractivity contribution is 5.94. The Morgan fingerprint density at radius 2 is 2.32 bits per heavy atom. The second-order valence-corrected chi connectivity index (χ2v) is 4.79. The molecule has 0 saturated carbocycles. The Kier molecular flexibility index (Phi) is 5.42. The molecule has 0 aliphatic heterocycles. The summed E-state index contributed by atoms with van der Waals surface area (Å²) in [6, 6.07) is 6.80. The highest BCUT2D eigenvalue weighted by Gasteiger charge is 2.09. The van der Waals surface area contributed by atoms with Gasteiger partial charge in [0.05, 0.1) is 6.10 Å². The first-order valence-electron chi connectivity index (χ1n) is 7.04. The average molecular weight is 305 g/mol. The summed E-state index contributed by atoms with van der Waals surface area (Å²) in [6.07, 6.45) is -0.587. The number of aromatic nitrogens is 4. The summed E-state index contributed by atoms with van der Waals surface area (Å²) in [6.45, 7) is 4.63. The summed E-state index contributed by atoms with van der Waals surface area (Å²) < 4.78 is 7.25. The molecule has 2 N–H and O–H groups in total. The molecule has 0 bridgehead atoms. The van der Waals surface area contributed by atoms with Crippen molar-refractivity contribution in [1.29, 1.82) is 0 Å². The zero-order valence-electron chi connectivity index (χ0n) is 12.6. The third kappa shape index (κ3) is 4.26. The predicted octanol–water partition coefficient (Wildman–Crippen LogP) is 0.383. The van der Waals surface area contributed by atoms with Crippen LogP contribution in [0.25, 0.3) is 0 Å². The number of nitrogens with zero attached hydrogens (tertiary/aromatic N) is 4.